The van der Waals surface area contributed by atoms with Crippen LogP contribution in [-0.4, -0.2) is 23.0 Å². The van der Waals surface area contributed by atoms with Gasteiger partial charge in [-0.1, -0.05) is 78.3 Å². The molecule has 3 aromatic carbocycles. The Morgan fingerprint density at radius 3 is 2.38 bits per heavy atom. The summed E-state index contributed by atoms with van der Waals surface area (Å²) in [5, 5.41) is 21.2. The number of amidine groups is 1. The van der Waals surface area contributed by atoms with E-state index in [9.17, 15) is 15.3 Å². The summed E-state index contributed by atoms with van der Waals surface area (Å²) in [6, 6.07) is 25.2. The van der Waals surface area contributed by atoms with E-state index in [0.29, 0.717) is 29.6 Å². The molecule has 0 fully saturated rings. The third kappa shape index (κ3) is 4.80. The lowest BCUT2D eigenvalue weighted by Crippen LogP contribution is -2.45. The Labute approximate surface area is 230 Å². The molecule has 3 aromatic rings. The molecule has 4 nitrogen and oxygen atoms in total. The van der Waals surface area contributed by atoms with Gasteiger partial charge in [0.05, 0.1) is 0 Å². The third-order valence-electron chi connectivity index (χ3n) is 7.04. The normalized spacial score (nSPS) is 20.6. The van der Waals surface area contributed by atoms with E-state index in [1.165, 1.54) is 0 Å². The summed E-state index contributed by atoms with van der Waals surface area (Å²) in [6.07, 6.45) is 3.10. The highest BCUT2D eigenvalue weighted by Crippen LogP contribution is 2.51. The molecule has 2 N–H and O–H groups in total. The lowest BCUT2D eigenvalue weighted by atomic mass is 9.67. The van der Waals surface area contributed by atoms with Crippen LogP contribution in [0.1, 0.15) is 43.7 Å². The molecule has 1 unspecified atom stereocenters. The van der Waals surface area contributed by atoms with Gasteiger partial charge in [0.15, 0.2) is 5.78 Å². The van der Waals surface area contributed by atoms with Crippen LogP contribution in [0.25, 0.3) is 5.76 Å². The first-order valence-electron chi connectivity index (χ1n) is 12.2. The summed E-state index contributed by atoms with van der Waals surface area (Å²) in [7, 11) is 0. The highest BCUT2D eigenvalue weighted by Gasteiger charge is 2.46. The predicted octanol–water partition coefficient (Wildman–Crippen LogP) is 8.36. The molecule has 0 saturated heterocycles. The number of carbonyl (C=O) groups is 1. The van der Waals surface area contributed by atoms with Crippen LogP contribution in [0.15, 0.2) is 105 Å². The van der Waals surface area contributed by atoms with E-state index in [-0.39, 0.29) is 22.8 Å². The van der Waals surface area contributed by atoms with Crippen LogP contribution in [0.5, 0.6) is 0 Å². The van der Waals surface area contributed by atoms with Gasteiger partial charge < -0.3 is 5.11 Å². The van der Waals surface area contributed by atoms with Gasteiger partial charge in [-0.3, -0.25) is 15.1 Å². The average molecular weight is 574 g/mol. The minimum absolute atomic E-state index is 0.0220. The summed E-state index contributed by atoms with van der Waals surface area (Å²) in [6.45, 7) is 4.21. The van der Waals surface area contributed by atoms with Crippen LogP contribution in [-0.2, 0) is 4.79 Å². The number of aliphatic hydroxyl groups is 1. The number of carbonyl (C=O) groups excluding carboxylic acids is 1. The van der Waals surface area contributed by atoms with Crippen LogP contribution in [0.3, 0.4) is 0 Å². The van der Waals surface area contributed by atoms with Crippen LogP contribution in [0.4, 0.5) is 5.69 Å². The summed E-state index contributed by atoms with van der Waals surface area (Å²) < 4.78 is 0.883. The van der Waals surface area contributed by atoms with E-state index in [1.54, 1.807) is 11.8 Å². The molecule has 0 saturated carbocycles. The fourth-order valence-corrected chi connectivity index (χ4v) is 6.19. The molecule has 0 spiro atoms. The summed E-state index contributed by atoms with van der Waals surface area (Å²) in [5.74, 6) is -0.266. The van der Waals surface area contributed by atoms with Crippen LogP contribution in [0.2, 0.25) is 0 Å². The van der Waals surface area contributed by atoms with Crippen LogP contribution < -0.4 is 4.90 Å². The Morgan fingerprint density at radius 1 is 1.03 bits per heavy atom. The van der Waals surface area contributed by atoms with Gasteiger partial charge in [0.2, 0.25) is 0 Å². The Balaban J connectivity index is 1.84. The zero-order valence-corrected chi connectivity index (χ0v) is 23.5. The average Bonchev–Trinajstić information content (AvgIpc) is 2.87. The van der Waals surface area contributed by atoms with Crippen molar-refractivity contribution in [3.63, 3.8) is 0 Å². The quantitative estimate of drug-likeness (QED) is 0.243. The number of halogens is 1. The second-order valence-electron chi connectivity index (χ2n) is 10.3. The molecule has 5 rings (SSSR count). The molecule has 1 aliphatic heterocycles. The molecular formula is C31H29BrN2O2S. The SMILES string of the molecule is CSc1ccc(C2C3=C(CC(C)(C)CC3=O)N(c3cccc(Br)c3)C(=N)/C2=C(/O)c2ccccc2)cc1. The van der Waals surface area contributed by atoms with E-state index in [2.05, 4.69) is 29.8 Å². The summed E-state index contributed by atoms with van der Waals surface area (Å²) in [4.78, 5) is 16.9. The number of nitrogens with zero attached hydrogens (tertiary/aromatic N) is 1. The van der Waals surface area contributed by atoms with Crippen molar-refractivity contribution in [1.29, 1.82) is 5.41 Å². The van der Waals surface area contributed by atoms with Crippen molar-refractivity contribution in [2.24, 2.45) is 5.41 Å². The number of aliphatic hydroxyl groups excluding tert-OH is 1. The lowest BCUT2D eigenvalue weighted by Gasteiger charge is -2.45. The maximum Gasteiger partial charge on any atom is 0.162 e. The minimum atomic E-state index is -0.536. The number of nitrogens with one attached hydrogen (secondary N) is 1. The lowest BCUT2D eigenvalue weighted by molar-refractivity contribution is -0.118. The molecule has 6 heteroatoms. The Morgan fingerprint density at radius 2 is 1.73 bits per heavy atom. The summed E-state index contributed by atoms with van der Waals surface area (Å²) in [5.41, 5.74) is 4.01. The van der Waals surface area contributed by atoms with Gasteiger partial charge in [-0.05, 0) is 54.0 Å². The standard InChI is InChI=1S/C31H29BrN2O2S/c1-31(2)17-24-27(25(35)18-31)26(19-12-14-23(37-3)15-13-19)28(29(36)20-8-5-4-6-9-20)30(33)34(24)22-11-7-10-21(32)16-22/h4-16,26,33,36H,17-18H2,1-3H3/b29-28+,33-30?. The first-order valence-corrected chi connectivity index (χ1v) is 14.3. The number of ketones is 1. The Kier molecular flexibility index (Phi) is 6.90. The van der Waals surface area contributed by atoms with Crippen molar-refractivity contribution in [1.82, 2.24) is 0 Å². The smallest absolute Gasteiger partial charge is 0.162 e. The monoisotopic (exact) mass is 572 g/mol. The zero-order valence-electron chi connectivity index (χ0n) is 21.1. The number of hydrogen-bond acceptors (Lipinski definition) is 4. The van der Waals surface area contributed by atoms with Gasteiger partial charge in [-0.25, -0.2) is 0 Å². The largest absolute Gasteiger partial charge is 0.507 e. The molecule has 0 radical (unpaired) electrons. The number of benzene rings is 3. The van der Waals surface area contributed by atoms with Crippen molar-refractivity contribution < 1.29 is 9.90 Å². The van der Waals surface area contributed by atoms with E-state index < -0.39 is 5.92 Å². The fourth-order valence-electron chi connectivity index (χ4n) is 5.40. The molecule has 0 amide bonds. The molecule has 0 bridgehead atoms. The number of thioether (sulfide) groups is 1. The highest BCUT2D eigenvalue weighted by atomic mass is 79.9. The maximum atomic E-state index is 13.9. The van der Waals surface area contributed by atoms with Crippen molar-refractivity contribution in [3.8, 4) is 0 Å². The van der Waals surface area contributed by atoms with E-state index in [1.807, 2.05) is 90.0 Å². The van der Waals surface area contributed by atoms with Gasteiger partial charge >= 0.3 is 0 Å². The number of anilines is 1. The maximum absolute atomic E-state index is 13.9. The molecule has 37 heavy (non-hydrogen) atoms. The number of hydrogen-bond donors (Lipinski definition) is 2. The van der Waals surface area contributed by atoms with E-state index >= 15 is 0 Å². The van der Waals surface area contributed by atoms with Gasteiger partial charge in [0.1, 0.15) is 11.6 Å². The zero-order chi connectivity index (χ0) is 26.3. The topological polar surface area (TPSA) is 64.4 Å². The van der Waals surface area contributed by atoms with Crippen molar-refractivity contribution in [3.05, 3.63) is 111 Å². The fraction of sp³-hybridized carbons (Fsp3) is 0.226. The van der Waals surface area contributed by atoms with Crippen LogP contribution in [0, 0.1) is 10.8 Å². The Bertz CT molecular complexity index is 1440. The second-order valence-corrected chi connectivity index (χ2v) is 12.1. The molecule has 188 valence electrons. The van der Waals surface area contributed by atoms with Crippen molar-refractivity contribution in [2.45, 2.75) is 37.5 Å². The van der Waals surface area contributed by atoms with Gasteiger partial charge in [-0.2, -0.15) is 0 Å². The third-order valence-corrected chi connectivity index (χ3v) is 8.28. The van der Waals surface area contributed by atoms with Crippen LogP contribution >= 0.6 is 27.7 Å². The van der Waals surface area contributed by atoms with Crippen molar-refractivity contribution >= 4 is 50.8 Å². The predicted molar refractivity (Wildman–Crippen MR) is 156 cm³/mol. The van der Waals surface area contributed by atoms with E-state index in [4.69, 9.17) is 0 Å². The molecular weight excluding hydrogens is 544 g/mol. The van der Waals surface area contributed by atoms with Crippen molar-refractivity contribution in [2.75, 3.05) is 11.2 Å². The second kappa shape index (κ2) is 9.99. The van der Waals surface area contributed by atoms with Gasteiger partial charge in [0, 0.05) is 49.8 Å². The first-order chi connectivity index (χ1) is 17.7. The molecule has 1 atom stereocenters. The first kappa shape index (κ1) is 25.6. The number of rotatable bonds is 4. The molecule has 1 aliphatic carbocycles. The minimum Gasteiger partial charge on any atom is -0.507 e. The molecule has 2 aliphatic rings. The number of Topliss-reactive ketones (excluding diaryl/α,β-unsaturated/α-hetero) is 1. The summed E-state index contributed by atoms with van der Waals surface area (Å²) >= 11 is 5.23. The van der Waals surface area contributed by atoms with Gasteiger partial charge in [-0.15, -0.1) is 11.8 Å². The highest BCUT2D eigenvalue weighted by molar-refractivity contribution is 9.10. The molecule has 0 aromatic heterocycles. The van der Waals surface area contributed by atoms with Gasteiger partial charge in [0.25, 0.3) is 0 Å². The van der Waals surface area contributed by atoms with E-state index in [0.717, 1.165) is 26.3 Å². The molecule has 1 heterocycles. The number of allylic oxidation sites excluding steroid dienone is 2. The Hall–Kier alpha value is -3.09.